The van der Waals surface area contributed by atoms with Gasteiger partial charge < -0.3 is 14.3 Å². The van der Waals surface area contributed by atoms with Gasteiger partial charge in [0.15, 0.2) is 8.24 Å². The zero-order valence-corrected chi connectivity index (χ0v) is 21.5. The van der Waals surface area contributed by atoms with Crippen LogP contribution in [0.1, 0.15) is 47.1 Å². The van der Waals surface area contributed by atoms with Gasteiger partial charge in [0.25, 0.3) is 0 Å². The lowest BCUT2D eigenvalue weighted by Crippen LogP contribution is -2.52. The van der Waals surface area contributed by atoms with E-state index in [1.54, 1.807) is 14.0 Å². The number of nitrogens with one attached hydrogen (secondary N) is 1. The molecule has 0 aliphatic heterocycles. The molecule has 0 radical (unpaired) electrons. The fourth-order valence-corrected chi connectivity index (χ4v) is 13.6. The molecule has 0 saturated carbocycles. The second-order valence-electron chi connectivity index (χ2n) is 8.39. The summed E-state index contributed by atoms with van der Waals surface area (Å²) in [5, 5.41) is 4.20. The van der Waals surface area contributed by atoms with Gasteiger partial charge in [-0.3, -0.25) is 4.79 Å². The Morgan fingerprint density at radius 3 is 2.36 bits per heavy atom. The van der Waals surface area contributed by atoms with Gasteiger partial charge in [0.1, 0.15) is 5.75 Å². The van der Waals surface area contributed by atoms with Crippen molar-refractivity contribution in [3.8, 4) is 5.75 Å². The van der Waals surface area contributed by atoms with Crippen molar-refractivity contribution in [2.24, 2.45) is 0 Å². The minimum atomic E-state index is -1.88. The van der Waals surface area contributed by atoms with E-state index < -0.39 is 8.24 Å². The average Bonchev–Trinajstić information content (AvgIpc) is 2.99. The summed E-state index contributed by atoms with van der Waals surface area (Å²) in [6, 6.07) is 6.46. The van der Waals surface area contributed by atoms with E-state index in [1.165, 1.54) is 16.5 Å². The summed E-state index contributed by atoms with van der Waals surface area (Å²) < 4.78 is 9.34. The zero-order valence-electron chi connectivity index (χ0n) is 18.3. The number of hydrogen-bond donors (Lipinski definition) is 1. The highest BCUT2D eigenvalue weighted by atomic mass is 127. The van der Waals surface area contributed by atoms with Crippen molar-refractivity contribution in [1.29, 1.82) is 0 Å². The van der Waals surface area contributed by atoms with E-state index in [4.69, 9.17) is 4.74 Å². The number of halogens is 1. The van der Waals surface area contributed by atoms with Gasteiger partial charge in [0.05, 0.1) is 7.11 Å². The van der Waals surface area contributed by atoms with Gasteiger partial charge in [-0.15, -0.1) is 0 Å². The number of fused-ring (bicyclic) bond motifs is 1. The zero-order chi connectivity index (χ0) is 21.1. The largest absolute Gasteiger partial charge is 0.497 e. The second kappa shape index (κ2) is 9.65. The van der Waals surface area contributed by atoms with Crippen molar-refractivity contribution in [3.63, 3.8) is 0 Å². The van der Waals surface area contributed by atoms with Crippen molar-refractivity contribution in [2.75, 3.05) is 18.1 Å². The van der Waals surface area contributed by atoms with Gasteiger partial charge in [0.2, 0.25) is 5.91 Å². The van der Waals surface area contributed by atoms with Crippen molar-refractivity contribution >= 4 is 47.6 Å². The van der Waals surface area contributed by atoms with Crippen LogP contribution in [0.2, 0.25) is 16.6 Å². The highest BCUT2D eigenvalue weighted by molar-refractivity contribution is 14.1. The van der Waals surface area contributed by atoms with Crippen LogP contribution in [0.25, 0.3) is 10.9 Å². The first-order chi connectivity index (χ1) is 13.2. The molecule has 0 bridgehead atoms. The molecule has 6 heteroatoms. The Hall–Kier alpha value is -1.02. The van der Waals surface area contributed by atoms with Crippen molar-refractivity contribution in [3.05, 3.63) is 30.0 Å². The number of hydrogen-bond acceptors (Lipinski definition) is 2. The second-order valence-corrected chi connectivity index (χ2v) is 14.8. The molecule has 1 aromatic heterocycles. The smallest absolute Gasteiger partial charge is 0.216 e. The fraction of sp³-hybridized carbons (Fsp3) is 0.591. The number of carbonyl (C=O) groups excluding carboxylic acids is 1. The van der Waals surface area contributed by atoms with Gasteiger partial charge >= 0.3 is 0 Å². The van der Waals surface area contributed by atoms with Gasteiger partial charge in [-0.1, -0.05) is 57.2 Å². The molecule has 0 saturated heterocycles. The van der Waals surface area contributed by atoms with Crippen LogP contribution in [0.4, 0.5) is 0 Å². The van der Waals surface area contributed by atoms with Crippen molar-refractivity contribution < 1.29 is 9.53 Å². The van der Waals surface area contributed by atoms with E-state index in [0.717, 1.165) is 16.6 Å². The molecular weight excluding hydrogens is 479 g/mol. The Labute approximate surface area is 184 Å². The topological polar surface area (TPSA) is 43.3 Å². The first-order valence-electron chi connectivity index (χ1n) is 10.2. The predicted molar refractivity (Wildman–Crippen MR) is 131 cm³/mol. The maximum Gasteiger partial charge on any atom is 0.216 e. The molecule has 4 nitrogen and oxygen atoms in total. The Morgan fingerprint density at radius 2 is 1.86 bits per heavy atom. The number of alkyl halides is 1. The highest BCUT2D eigenvalue weighted by Crippen LogP contribution is 2.46. The average molecular weight is 515 g/mol. The fourth-order valence-electron chi connectivity index (χ4n) is 5.02. The summed E-state index contributed by atoms with van der Waals surface area (Å²) in [6.07, 6.45) is 3.22. The SMILES string of the molecule is COc1ccc2c(c1)c(CCNC(C)=O)cn2[Si](C(C)C)(C(C)C)C(C)CI. The number of nitrogens with zero attached hydrogens (tertiary/aromatic N) is 1. The summed E-state index contributed by atoms with van der Waals surface area (Å²) in [5.41, 5.74) is 4.51. The molecule has 2 rings (SSSR count). The summed E-state index contributed by atoms with van der Waals surface area (Å²) in [7, 11) is -0.164. The van der Waals surface area contributed by atoms with E-state index in [1.807, 2.05) is 0 Å². The number of aromatic nitrogens is 1. The Bertz CT molecular complexity index is 808. The van der Waals surface area contributed by atoms with Crippen molar-refractivity contribution in [2.45, 2.75) is 64.6 Å². The van der Waals surface area contributed by atoms with E-state index in [2.05, 4.69) is 91.2 Å². The van der Waals surface area contributed by atoms with Crippen LogP contribution in [0, 0.1) is 0 Å². The van der Waals surface area contributed by atoms with E-state index >= 15 is 0 Å². The van der Waals surface area contributed by atoms with Crippen LogP contribution in [0.3, 0.4) is 0 Å². The molecule has 1 amide bonds. The molecule has 1 aromatic carbocycles. The summed E-state index contributed by atoms with van der Waals surface area (Å²) in [4.78, 5) is 11.3. The van der Waals surface area contributed by atoms with E-state index in [-0.39, 0.29) is 5.91 Å². The van der Waals surface area contributed by atoms with Crippen LogP contribution < -0.4 is 10.1 Å². The standard InChI is InChI=1S/C22H35IN2O2Si/c1-15(2)28(16(3)4,17(5)13-23)25-14-19(10-11-24-18(6)26)21-12-20(27-7)8-9-22(21)25/h8-9,12,14-17H,10-11,13H2,1-7H3,(H,24,26). The monoisotopic (exact) mass is 514 g/mol. The Kier molecular flexibility index (Phi) is 8.02. The molecule has 1 atom stereocenters. The third kappa shape index (κ3) is 4.27. The van der Waals surface area contributed by atoms with Crippen LogP contribution in [-0.4, -0.2) is 36.5 Å². The molecule has 28 heavy (non-hydrogen) atoms. The van der Waals surface area contributed by atoms with Gasteiger partial charge in [-0.05, 0) is 53.0 Å². The quantitative estimate of drug-likeness (QED) is 0.263. The number of carbonyl (C=O) groups is 1. The van der Waals surface area contributed by atoms with Crippen LogP contribution in [0.15, 0.2) is 24.4 Å². The van der Waals surface area contributed by atoms with E-state index in [0.29, 0.717) is 23.2 Å². The third-order valence-corrected chi connectivity index (χ3v) is 15.0. The summed E-state index contributed by atoms with van der Waals surface area (Å²) in [5.74, 6) is 0.905. The van der Waals surface area contributed by atoms with Crippen molar-refractivity contribution in [1.82, 2.24) is 9.55 Å². The molecular formula is C22H35IN2O2Si. The lowest BCUT2D eigenvalue weighted by Gasteiger charge is -2.45. The highest BCUT2D eigenvalue weighted by Gasteiger charge is 2.47. The molecule has 1 heterocycles. The first kappa shape index (κ1) is 23.3. The Morgan fingerprint density at radius 1 is 1.21 bits per heavy atom. The number of amides is 1. The maximum absolute atomic E-state index is 11.3. The maximum atomic E-state index is 11.3. The van der Waals surface area contributed by atoms with Crippen LogP contribution >= 0.6 is 22.6 Å². The van der Waals surface area contributed by atoms with Crippen LogP contribution in [0.5, 0.6) is 5.75 Å². The van der Waals surface area contributed by atoms with Gasteiger partial charge in [0, 0.05) is 28.8 Å². The predicted octanol–water partition coefficient (Wildman–Crippen LogP) is 5.77. The normalized spacial score (nSPS) is 13.4. The minimum absolute atomic E-state index is 0.0212. The summed E-state index contributed by atoms with van der Waals surface area (Å²) >= 11 is 2.56. The summed E-state index contributed by atoms with van der Waals surface area (Å²) in [6.45, 7) is 14.3. The Balaban J connectivity index is 2.72. The molecule has 0 fully saturated rings. The molecule has 2 aromatic rings. The molecule has 156 valence electrons. The third-order valence-electron chi connectivity index (χ3n) is 6.15. The first-order valence-corrected chi connectivity index (χ1v) is 13.9. The number of benzene rings is 1. The number of ether oxygens (including phenoxy) is 1. The van der Waals surface area contributed by atoms with Gasteiger partial charge in [-0.25, -0.2) is 0 Å². The van der Waals surface area contributed by atoms with Gasteiger partial charge in [-0.2, -0.15) is 0 Å². The molecule has 0 aliphatic rings. The lowest BCUT2D eigenvalue weighted by molar-refractivity contribution is -0.118. The molecule has 1 unspecified atom stereocenters. The van der Waals surface area contributed by atoms with E-state index in [9.17, 15) is 4.79 Å². The molecule has 0 aliphatic carbocycles. The molecule has 1 N–H and O–H groups in total. The number of rotatable bonds is 9. The minimum Gasteiger partial charge on any atom is -0.497 e. The lowest BCUT2D eigenvalue weighted by atomic mass is 10.1. The molecule has 0 spiro atoms. The van der Waals surface area contributed by atoms with Crippen LogP contribution in [-0.2, 0) is 11.2 Å². The number of methoxy groups -OCH3 is 1.